The lowest BCUT2D eigenvalue weighted by molar-refractivity contribution is 0.102. The second kappa shape index (κ2) is 9.40. The van der Waals surface area contributed by atoms with Gasteiger partial charge in [-0.05, 0) is 52.0 Å². The third-order valence-corrected chi connectivity index (χ3v) is 5.87. The molecule has 0 aromatic carbocycles. The highest BCUT2D eigenvalue weighted by molar-refractivity contribution is 6.04. The lowest BCUT2D eigenvalue weighted by Gasteiger charge is -2.15. The predicted molar refractivity (Wildman–Crippen MR) is 135 cm³/mol. The number of amides is 1. The Morgan fingerprint density at radius 1 is 1.03 bits per heavy atom. The summed E-state index contributed by atoms with van der Waals surface area (Å²) in [5, 5.41) is 26.4. The fourth-order valence-corrected chi connectivity index (χ4v) is 3.81. The highest BCUT2D eigenvalue weighted by Gasteiger charge is 2.23. The first-order valence-electron chi connectivity index (χ1n) is 11.2. The molecule has 0 spiro atoms. The van der Waals surface area contributed by atoms with Gasteiger partial charge >= 0.3 is 0 Å². The quantitative estimate of drug-likeness (QED) is 0.449. The average Bonchev–Trinajstić information content (AvgIpc) is 3.22. The zero-order valence-corrected chi connectivity index (χ0v) is 20.7. The van der Waals surface area contributed by atoms with Gasteiger partial charge in [-0.25, -0.2) is 0 Å². The third-order valence-electron chi connectivity index (χ3n) is 5.87. The van der Waals surface area contributed by atoms with E-state index in [1.165, 1.54) is 6.20 Å². The molecule has 0 aliphatic carbocycles. The highest BCUT2D eigenvalue weighted by atomic mass is 16.1. The molecule has 0 atom stereocenters. The van der Waals surface area contributed by atoms with Crippen molar-refractivity contribution in [3.05, 3.63) is 77.3 Å². The average molecular weight is 477 g/mol. The van der Waals surface area contributed by atoms with Gasteiger partial charge in [-0.1, -0.05) is 0 Å². The Morgan fingerprint density at radius 2 is 1.81 bits per heavy atom. The summed E-state index contributed by atoms with van der Waals surface area (Å²) < 4.78 is 1.69. The van der Waals surface area contributed by atoms with Gasteiger partial charge in [0.1, 0.15) is 6.07 Å². The largest absolute Gasteiger partial charge is 0.321 e. The number of hydrogen-bond donors (Lipinski definition) is 1. The summed E-state index contributed by atoms with van der Waals surface area (Å²) in [6, 6.07) is 11.2. The van der Waals surface area contributed by atoms with Crippen molar-refractivity contribution >= 4 is 11.6 Å². The number of carbonyl (C=O) groups is 1. The minimum absolute atomic E-state index is 0.345. The van der Waals surface area contributed by atoms with Crippen molar-refractivity contribution in [1.82, 2.24) is 24.7 Å². The van der Waals surface area contributed by atoms with E-state index in [1.807, 2.05) is 27.1 Å². The van der Waals surface area contributed by atoms with Gasteiger partial charge in [-0.15, -0.1) is 0 Å². The van der Waals surface area contributed by atoms with Crippen molar-refractivity contribution in [2.45, 2.75) is 33.1 Å². The van der Waals surface area contributed by atoms with Crippen LogP contribution < -0.4 is 5.32 Å². The first-order valence-corrected chi connectivity index (χ1v) is 11.2. The van der Waals surface area contributed by atoms with E-state index in [2.05, 4.69) is 37.5 Å². The smallest absolute Gasteiger partial charge is 0.255 e. The SMILES string of the molecule is Cc1ncc(NC(=O)c2ccnc(C(C)(C)C#N)c2)cc1-c1cnc(-c2cn(C)nc2C)c(C#N)c1. The molecule has 9 heteroatoms. The number of aryl methyl sites for hydroxylation is 3. The standard InChI is InChI=1S/C27H24N8O/c1-16-22(20-8-19(11-28)25(32-12-20)23-14-35(5)34-17(23)2)10-21(13-31-16)33-26(36)18-6-7-30-24(9-18)27(3,4)15-29/h6-10,12-14H,1-5H3,(H,33,36). The van der Waals surface area contributed by atoms with Crippen molar-refractivity contribution in [3.8, 4) is 34.5 Å². The zero-order valence-electron chi connectivity index (χ0n) is 20.7. The number of anilines is 1. The van der Waals surface area contributed by atoms with Crippen LogP contribution in [0.15, 0.2) is 49.1 Å². The Labute approximate surface area is 209 Å². The van der Waals surface area contributed by atoms with Crippen molar-refractivity contribution in [2.24, 2.45) is 7.05 Å². The summed E-state index contributed by atoms with van der Waals surface area (Å²) in [4.78, 5) is 26.2. The van der Waals surface area contributed by atoms with Crippen LogP contribution in [0.5, 0.6) is 0 Å². The molecule has 4 rings (SSSR count). The molecule has 0 fully saturated rings. The van der Waals surface area contributed by atoms with Crippen molar-refractivity contribution < 1.29 is 4.79 Å². The molecule has 9 nitrogen and oxygen atoms in total. The number of nitrogens with one attached hydrogen (secondary N) is 1. The second-order valence-electron chi connectivity index (χ2n) is 9.01. The summed E-state index contributed by atoms with van der Waals surface area (Å²) in [5.74, 6) is -0.345. The van der Waals surface area contributed by atoms with Crippen molar-refractivity contribution in [3.63, 3.8) is 0 Å². The summed E-state index contributed by atoms with van der Waals surface area (Å²) >= 11 is 0. The van der Waals surface area contributed by atoms with E-state index in [0.29, 0.717) is 33.8 Å². The van der Waals surface area contributed by atoms with Gasteiger partial charge in [0.2, 0.25) is 0 Å². The van der Waals surface area contributed by atoms with E-state index in [9.17, 15) is 15.3 Å². The lowest BCUT2D eigenvalue weighted by Crippen LogP contribution is -2.18. The summed E-state index contributed by atoms with van der Waals surface area (Å²) in [6.07, 6.45) is 6.62. The molecular weight excluding hydrogens is 452 g/mol. The third kappa shape index (κ3) is 4.68. The number of nitriles is 2. The summed E-state index contributed by atoms with van der Waals surface area (Å²) in [6.45, 7) is 7.22. The highest BCUT2D eigenvalue weighted by Crippen LogP contribution is 2.30. The molecule has 0 unspecified atom stereocenters. The molecule has 36 heavy (non-hydrogen) atoms. The number of pyridine rings is 3. The van der Waals surface area contributed by atoms with Crippen molar-refractivity contribution in [1.29, 1.82) is 10.5 Å². The van der Waals surface area contributed by atoms with Crippen LogP contribution in [-0.2, 0) is 12.5 Å². The van der Waals surface area contributed by atoms with Gasteiger partial charge < -0.3 is 5.32 Å². The number of aromatic nitrogens is 5. The molecule has 4 aromatic rings. The maximum atomic E-state index is 12.9. The van der Waals surface area contributed by atoms with Crippen LogP contribution in [-0.4, -0.2) is 30.6 Å². The van der Waals surface area contributed by atoms with Crippen LogP contribution in [0, 0.1) is 36.5 Å². The molecule has 0 radical (unpaired) electrons. The van der Waals surface area contributed by atoms with Crippen LogP contribution in [0.2, 0.25) is 0 Å². The van der Waals surface area contributed by atoms with Gasteiger partial charge in [-0.2, -0.15) is 15.6 Å². The van der Waals surface area contributed by atoms with Crippen molar-refractivity contribution in [2.75, 3.05) is 5.32 Å². The first-order chi connectivity index (χ1) is 17.1. The van der Waals surface area contributed by atoms with Gasteiger partial charge in [0.15, 0.2) is 0 Å². The molecule has 0 bridgehead atoms. The molecular formula is C27H24N8O. The Morgan fingerprint density at radius 3 is 2.47 bits per heavy atom. The molecule has 0 aliphatic heterocycles. The van der Waals surface area contributed by atoms with E-state index in [0.717, 1.165) is 22.5 Å². The van der Waals surface area contributed by atoms with E-state index in [1.54, 1.807) is 55.2 Å². The maximum absolute atomic E-state index is 12.9. The Hall–Kier alpha value is -4.89. The summed E-state index contributed by atoms with van der Waals surface area (Å²) in [5.41, 5.74) is 5.32. The molecule has 0 saturated heterocycles. The number of rotatable bonds is 5. The molecule has 1 N–H and O–H groups in total. The lowest BCUT2D eigenvalue weighted by atomic mass is 9.90. The molecule has 178 valence electrons. The van der Waals surface area contributed by atoms with Gasteiger partial charge in [0, 0.05) is 53.6 Å². The minimum atomic E-state index is -0.819. The van der Waals surface area contributed by atoms with E-state index in [4.69, 9.17) is 0 Å². The molecule has 0 aliphatic rings. The fourth-order valence-electron chi connectivity index (χ4n) is 3.81. The van der Waals surface area contributed by atoms with Crippen LogP contribution >= 0.6 is 0 Å². The van der Waals surface area contributed by atoms with Gasteiger partial charge in [0.25, 0.3) is 5.91 Å². The number of nitrogens with zero attached hydrogens (tertiary/aromatic N) is 7. The van der Waals surface area contributed by atoms with E-state index in [-0.39, 0.29) is 5.91 Å². The Bertz CT molecular complexity index is 1570. The van der Waals surface area contributed by atoms with E-state index < -0.39 is 5.41 Å². The normalized spacial score (nSPS) is 11.0. The second-order valence-corrected chi connectivity index (χ2v) is 9.01. The Balaban J connectivity index is 1.65. The zero-order chi connectivity index (χ0) is 26.0. The molecule has 4 aromatic heterocycles. The van der Waals surface area contributed by atoms with Crippen LogP contribution in [0.4, 0.5) is 5.69 Å². The topological polar surface area (TPSA) is 133 Å². The molecule has 0 saturated carbocycles. The van der Waals surface area contributed by atoms with E-state index >= 15 is 0 Å². The fraction of sp³-hybridized carbons (Fsp3) is 0.222. The van der Waals surface area contributed by atoms with Crippen LogP contribution in [0.1, 0.15) is 46.9 Å². The number of hydrogen-bond acceptors (Lipinski definition) is 7. The number of carbonyl (C=O) groups excluding carboxylic acids is 1. The van der Waals surface area contributed by atoms with Crippen LogP contribution in [0.3, 0.4) is 0 Å². The molecule has 1 amide bonds. The summed E-state index contributed by atoms with van der Waals surface area (Å²) in [7, 11) is 1.82. The first kappa shape index (κ1) is 24.2. The Kier molecular flexibility index (Phi) is 6.33. The predicted octanol–water partition coefficient (Wildman–Crippen LogP) is 4.48. The minimum Gasteiger partial charge on any atom is -0.321 e. The van der Waals surface area contributed by atoms with Gasteiger partial charge in [0.05, 0.1) is 46.0 Å². The maximum Gasteiger partial charge on any atom is 0.255 e. The van der Waals surface area contributed by atoms with Gasteiger partial charge in [-0.3, -0.25) is 24.4 Å². The van der Waals surface area contributed by atoms with Crippen LogP contribution in [0.25, 0.3) is 22.4 Å². The monoisotopic (exact) mass is 476 g/mol. The molecule has 4 heterocycles.